The molecule has 0 fully saturated rings. The van der Waals surface area contributed by atoms with Gasteiger partial charge < -0.3 is 10.2 Å². The van der Waals surface area contributed by atoms with E-state index in [1.807, 2.05) is 6.92 Å². The molecule has 0 aromatic carbocycles. The number of fused-ring (bicyclic) bond motifs is 3. The van der Waals surface area contributed by atoms with E-state index in [9.17, 15) is 19.8 Å². The number of aliphatic hydroxyl groups is 2. The van der Waals surface area contributed by atoms with Gasteiger partial charge in [-0.1, -0.05) is 25.2 Å². The van der Waals surface area contributed by atoms with Crippen molar-refractivity contribution in [2.75, 3.05) is 0 Å². The third-order valence-corrected chi connectivity index (χ3v) is 6.30. The molecule has 0 radical (unpaired) electrons. The van der Waals surface area contributed by atoms with Crippen LogP contribution in [0.5, 0.6) is 0 Å². The Kier molecular flexibility index (Phi) is 3.22. The van der Waals surface area contributed by atoms with E-state index in [-0.39, 0.29) is 11.4 Å². The molecule has 3 aliphatic rings. The van der Waals surface area contributed by atoms with Crippen LogP contribution in [0.2, 0.25) is 0 Å². The zero-order valence-corrected chi connectivity index (χ0v) is 14.6. The van der Waals surface area contributed by atoms with Crippen LogP contribution in [0.15, 0.2) is 47.8 Å². The highest BCUT2D eigenvalue weighted by atomic mass is 16.3. The number of aliphatic hydroxyl groups excluding tert-OH is 1. The van der Waals surface area contributed by atoms with Crippen molar-refractivity contribution in [3.8, 4) is 0 Å². The SMILES string of the molecule is C=CC1(C)C=C2C(=O)C(O)=C3C(C)(C)C(=O)C=CC3(C)C2(O)CC1. The summed E-state index contributed by atoms with van der Waals surface area (Å²) >= 11 is 0. The first-order valence-corrected chi connectivity index (χ1v) is 8.25. The largest absolute Gasteiger partial charge is 0.504 e. The molecule has 128 valence electrons. The second-order valence-electron chi connectivity index (χ2n) is 8.21. The fourth-order valence-electron chi connectivity index (χ4n) is 4.49. The number of carbonyl (C=O) groups excluding carboxylic acids is 2. The summed E-state index contributed by atoms with van der Waals surface area (Å²) in [5, 5.41) is 22.2. The zero-order valence-electron chi connectivity index (χ0n) is 14.6. The molecule has 0 spiro atoms. The standard InChI is InChI=1S/C20H24O4/c1-6-18(4)9-10-20(24)12(11-18)14(22)15(23)16-17(2,3)13(21)7-8-19(16,20)5/h6-8,11,23-24H,1,9-10H2,2-5H3. The second-order valence-corrected chi connectivity index (χ2v) is 8.21. The van der Waals surface area contributed by atoms with Crippen LogP contribution in [0, 0.1) is 16.2 Å². The van der Waals surface area contributed by atoms with Crippen molar-refractivity contribution in [1.29, 1.82) is 0 Å². The van der Waals surface area contributed by atoms with E-state index in [1.165, 1.54) is 6.08 Å². The molecule has 24 heavy (non-hydrogen) atoms. The molecule has 2 N–H and O–H groups in total. The molecule has 0 bridgehead atoms. The Bertz CT molecular complexity index is 767. The average molecular weight is 328 g/mol. The Labute approximate surface area is 142 Å². The Morgan fingerprint density at radius 1 is 1.17 bits per heavy atom. The van der Waals surface area contributed by atoms with Gasteiger partial charge >= 0.3 is 0 Å². The Hall–Kier alpha value is -1.94. The van der Waals surface area contributed by atoms with Gasteiger partial charge in [-0.05, 0) is 39.7 Å². The normalized spacial score (nSPS) is 40.8. The maximum absolute atomic E-state index is 12.9. The number of rotatable bonds is 1. The minimum atomic E-state index is -1.44. The first kappa shape index (κ1) is 16.9. The molecule has 3 aliphatic carbocycles. The topological polar surface area (TPSA) is 74.6 Å². The molecule has 0 aromatic heterocycles. The van der Waals surface area contributed by atoms with Crippen molar-refractivity contribution in [3.63, 3.8) is 0 Å². The number of carbonyl (C=O) groups is 2. The smallest absolute Gasteiger partial charge is 0.225 e. The number of hydrogen-bond donors (Lipinski definition) is 2. The lowest BCUT2D eigenvalue weighted by atomic mass is 9.49. The van der Waals surface area contributed by atoms with Crippen LogP contribution in [0.4, 0.5) is 0 Å². The summed E-state index contributed by atoms with van der Waals surface area (Å²) in [7, 11) is 0. The van der Waals surface area contributed by atoms with Crippen LogP contribution in [0.3, 0.4) is 0 Å². The lowest BCUT2D eigenvalue weighted by Gasteiger charge is -2.56. The van der Waals surface area contributed by atoms with E-state index in [1.54, 1.807) is 39.0 Å². The van der Waals surface area contributed by atoms with Crippen LogP contribution in [0.1, 0.15) is 40.5 Å². The summed E-state index contributed by atoms with van der Waals surface area (Å²) in [6.07, 6.45) is 7.58. The van der Waals surface area contributed by atoms with Gasteiger partial charge in [0.2, 0.25) is 5.78 Å². The molecule has 4 heteroatoms. The Morgan fingerprint density at radius 3 is 2.38 bits per heavy atom. The third kappa shape index (κ3) is 1.78. The molecule has 0 aromatic rings. The zero-order chi connectivity index (χ0) is 18.1. The quantitative estimate of drug-likeness (QED) is 0.725. The van der Waals surface area contributed by atoms with Gasteiger partial charge in [-0.3, -0.25) is 9.59 Å². The number of hydrogen-bond acceptors (Lipinski definition) is 4. The summed E-state index contributed by atoms with van der Waals surface area (Å²) in [6, 6.07) is 0. The van der Waals surface area contributed by atoms with E-state index >= 15 is 0 Å². The van der Waals surface area contributed by atoms with Crippen molar-refractivity contribution in [1.82, 2.24) is 0 Å². The van der Waals surface area contributed by atoms with Gasteiger partial charge in [0.15, 0.2) is 11.5 Å². The van der Waals surface area contributed by atoms with Crippen molar-refractivity contribution >= 4 is 11.6 Å². The Balaban J connectivity index is 2.37. The molecule has 0 saturated heterocycles. The molecule has 3 rings (SSSR count). The number of allylic oxidation sites excluding steroid dienone is 4. The van der Waals surface area contributed by atoms with Gasteiger partial charge in [0, 0.05) is 22.0 Å². The molecule has 0 amide bonds. The Morgan fingerprint density at radius 2 is 1.79 bits per heavy atom. The number of Topliss-reactive ketones (excluding diaryl/α,β-unsaturated/α-hetero) is 1. The predicted molar refractivity (Wildman–Crippen MR) is 91.3 cm³/mol. The molecule has 0 heterocycles. The van der Waals surface area contributed by atoms with E-state index in [0.29, 0.717) is 18.4 Å². The summed E-state index contributed by atoms with van der Waals surface area (Å²) in [5.74, 6) is -1.18. The van der Waals surface area contributed by atoms with Gasteiger partial charge in [-0.2, -0.15) is 0 Å². The summed E-state index contributed by atoms with van der Waals surface area (Å²) in [4.78, 5) is 25.2. The van der Waals surface area contributed by atoms with Crippen molar-refractivity contribution in [2.24, 2.45) is 16.2 Å². The lowest BCUT2D eigenvalue weighted by Crippen LogP contribution is -2.60. The maximum atomic E-state index is 12.9. The average Bonchev–Trinajstić information content (AvgIpc) is 2.52. The fourth-order valence-corrected chi connectivity index (χ4v) is 4.49. The van der Waals surface area contributed by atoms with E-state index in [4.69, 9.17) is 0 Å². The maximum Gasteiger partial charge on any atom is 0.225 e. The van der Waals surface area contributed by atoms with Crippen LogP contribution >= 0.6 is 0 Å². The highest BCUT2D eigenvalue weighted by Gasteiger charge is 2.63. The summed E-state index contributed by atoms with van der Waals surface area (Å²) in [6.45, 7) is 10.9. The van der Waals surface area contributed by atoms with Crippen molar-refractivity contribution in [2.45, 2.75) is 46.1 Å². The van der Waals surface area contributed by atoms with Gasteiger partial charge in [-0.15, -0.1) is 6.58 Å². The molecular formula is C20H24O4. The first-order valence-electron chi connectivity index (χ1n) is 8.25. The van der Waals surface area contributed by atoms with Gasteiger partial charge in [0.25, 0.3) is 0 Å². The van der Waals surface area contributed by atoms with Gasteiger partial charge in [0.05, 0.1) is 5.41 Å². The van der Waals surface area contributed by atoms with E-state index < -0.39 is 33.4 Å². The number of ketones is 2. The molecular weight excluding hydrogens is 304 g/mol. The van der Waals surface area contributed by atoms with Gasteiger partial charge in [0.1, 0.15) is 5.60 Å². The van der Waals surface area contributed by atoms with Crippen LogP contribution in [0.25, 0.3) is 0 Å². The van der Waals surface area contributed by atoms with Crippen molar-refractivity contribution < 1.29 is 19.8 Å². The highest BCUT2D eigenvalue weighted by Crippen LogP contribution is 2.61. The predicted octanol–water partition coefficient (Wildman–Crippen LogP) is 3.20. The van der Waals surface area contributed by atoms with Gasteiger partial charge in [-0.25, -0.2) is 0 Å². The minimum absolute atomic E-state index is 0.183. The van der Waals surface area contributed by atoms with Crippen LogP contribution in [-0.4, -0.2) is 27.4 Å². The van der Waals surface area contributed by atoms with E-state index in [0.717, 1.165) is 0 Å². The summed E-state index contributed by atoms with van der Waals surface area (Å²) < 4.78 is 0. The molecule has 3 unspecified atom stereocenters. The minimum Gasteiger partial charge on any atom is -0.504 e. The van der Waals surface area contributed by atoms with Crippen LogP contribution in [-0.2, 0) is 9.59 Å². The first-order chi connectivity index (χ1) is 10.9. The molecule has 3 atom stereocenters. The lowest BCUT2D eigenvalue weighted by molar-refractivity contribution is -0.128. The second kappa shape index (κ2) is 4.57. The van der Waals surface area contributed by atoms with Crippen molar-refractivity contribution in [3.05, 3.63) is 47.8 Å². The third-order valence-electron chi connectivity index (χ3n) is 6.30. The fraction of sp³-hybridized carbons (Fsp3) is 0.500. The monoisotopic (exact) mass is 328 g/mol. The molecule has 0 saturated carbocycles. The summed E-state index contributed by atoms with van der Waals surface area (Å²) in [5.41, 5.74) is -3.37. The molecule has 0 aliphatic heterocycles. The highest BCUT2D eigenvalue weighted by molar-refractivity contribution is 6.12. The van der Waals surface area contributed by atoms with E-state index in [2.05, 4.69) is 6.58 Å². The van der Waals surface area contributed by atoms with Crippen LogP contribution < -0.4 is 0 Å². The molecule has 4 nitrogen and oxygen atoms in total.